The van der Waals surface area contributed by atoms with Gasteiger partial charge in [-0.25, -0.2) is 4.79 Å². The van der Waals surface area contributed by atoms with Crippen LogP contribution in [0.5, 0.6) is 0 Å². The Morgan fingerprint density at radius 1 is 1.43 bits per heavy atom. The Balaban J connectivity index is 1.58. The lowest BCUT2D eigenvalue weighted by Gasteiger charge is -2.20. The summed E-state index contributed by atoms with van der Waals surface area (Å²) in [6, 6.07) is -0.206. The highest BCUT2D eigenvalue weighted by atomic mass is 32.2. The predicted molar refractivity (Wildman–Crippen MR) is 86.7 cm³/mol. The van der Waals surface area contributed by atoms with Crippen molar-refractivity contribution in [3.63, 3.8) is 0 Å². The third kappa shape index (κ3) is 5.95. The van der Waals surface area contributed by atoms with Gasteiger partial charge in [0, 0.05) is 24.1 Å². The Kier molecular flexibility index (Phi) is 6.85. The van der Waals surface area contributed by atoms with E-state index < -0.39 is 0 Å². The maximum Gasteiger partial charge on any atom is 0.320 e. The van der Waals surface area contributed by atoms with Gasteiger partial charge in [-0.2, -0.15) is 11.8 Å². The Bertz CT molecular complexity index is 431. The minimum Gasteiger partial charge on any atom is -0.337 e. The van der Waals surface area contributed by atoms with Gasteiger partial charge in [-0.1, -0.05) is 31.4 Å². The predicted octanol–water partition coefficient (Wildman–Crippen LogP) is 2.88. The molecule has 1 aromatic rings. The maximum absolute atomic E-state index is 11.7. The summed E-state index contributed by atoms with van der Waals surface area (Å²) in [7, 11) is 0. The molecule has 2 amide bonds. The zero-order valence-electron chi connectivity index (χ0n) is 12.7. The number of urea groups is 1. The molecule has 0 spiro atoms. The zero-order chi connectivity index (χ0) is 14.9. The largest absolute Gasteiger partial charge is 0.337 e. The monoisotopic (exact) mass is 311 g/mol. The molecule has 0 aliphatic heterocycles. The molecule has 0 unspecified atom stereocenters. The summed E-state index contributed by atoms with van der Waals surface area (Å²) in [5.41, 5.74) is 0. The Morgan fingerprint density at radius 3 is 3.00 bits per heavy atom. The molecule has 2 rings (SSSR count). The van der Waals surface area contributed by atoms with Crippen molar-refractivity contribution in [1.29, 1.82) is 0 Å². The summed E-state index contributed by atoms with van der Waals surface area (Å²) in [6.07, 6.45) is 9.51. The van der Waals surface area contributed by atoms with Crippen molar-refractivity contribution in [3.8, 4) is 0 Å². The van der Waals surface area contributed by atoms with E-state index in [2.05, 4.69) is 27.9 Å². The van der Waals surface area contributed by atoms with Crippen molar-refractivity contribution in [3.05, 3.63) is 6.20 Å². The van der Waals surface area contributed by atoms with Gasteiger partial charge in [0.1, 0.15) is 0 Å². The molecule has 0 saturated heterocycles. The Hall–Kier alpha value is -1.24. The average Bonchev–Trinajstić information content (AvgIpc) is 2.92. The molecular formula is C14H25N5OS. The fourth-order valence-electron chi connectivity index (χ4n) is 2.48. The summed E-state index contributed by atoms with van der Waals surface area (Å²) < 4.78 is 1.73. The number of hydrogen-bond acceptors (Lipinski definition) is 4. The zero-order valence-corrected chi connectivity index (χ0v) is 13.5. The van der Waals surface area contributed by atoms with E-state index in [0.29, 0.717) is 12.4 Å². The SMILES string of the molecule is CCCn1cc(NC(=O)NCCSC2CCCCC2)nn1. The van der Waals surface area contributed by atoms with Crippen LogP contribution in [-0.4, -0.2) is 38.6 Å². The normalized spacial score (nSPS) is 15.9. The van der Waals surface area contributed by atoms with Crippen molar-refractivity contribution in [2.45, 2.75) is 57.2 Å². The molecule has 6 nitrogen and oxygen atoms in total. The number of amides is 2. The van der Waals surface area contributed by atoms with Gasteiger partial charge in [-0.15, -0.1) is 5.10 Å². The topological polar surface area (TPSA) is 71.8 Å². The van der Waals surface area contributed by atoms with Crippen LogP contribution < -0.4 is 10.6 Å². The molecule has 7 heteroatoms. The number of carbonyl (C=O) groups excluding carboxylic acids is 1. The van der Waals surface area contributed by atoms with Crippen LogP contribution in [0.1, 0.15) is 45.4 Å². The quantitative estimate of drug-likeness (QED) is 0.760. The van der Waals surface area contributed by atoms with Crippen LogP contribution in [-0.2, 0) is 6.54 Å². The molecule has 1 aliphatic rings. The summed E-state index contributed by atoms with van der Waals surface area (Å²) in [5.74, 6) is 1.47. The molecule has 0 bridgehead atoms. The van der Waals surface area contributed by atoms with E-state index in [9.17, 15) is 4.79 Å². The number of aromatic nitrogens is 3. The van der Waals surface area contributed by atoms with Gasteiger partial charge in [0.25, 0.3) is 0 Å². The minimum absolute atomic E-state index is 0.206. The van der Waals surface area contributed by atoms with Crippen LogP contribution in [0.15, 0.2) is 6.20 Å². The smallest absolute Gasteiger partial charge is 0.320 e. The highest BCUT2D eigenvalue weighted by Crippen LogP contribution is 2.27. The highest BCUT2D eigenvalue weighted by Gasteiger charge is 2.13. The molecule has 118 valence electrons. The fraction of sp³-hybridized carbons (Fsp3) is 0.786. The van der Waals surface area contributed by atoms with Crippen molar-refractivity contribution in [2.24, 2.45) is 0 Å². The number of carbonyl (C=O) groups is 1. The number of nitrogens with one attached hydrogen (secondary N) is 2. The third-order valence-electron chi connectivity index (χ3n) is 3.53. The first-order valence-corrected chi connectivity index (χ1v) is 8.89. The van der Waals surface area contributed by atoms with E-state index >= 15 is 0 Å². The lowest BCUT2D eigenvalue weighted by atomic mass is 10.0. The first-order valence-electron chi connectivity index (χ1n) is 7.84. The van der Waals surface area contributed by atoms with E-state index in [1.807, 2.05) is 11.8 Å². The van der Waals surface area contributed by atoms with Gasteiger partial charge in [0.15, 0.2) is 5.82 Å². The number of aryl methyl sites for hydroxylation is 1. The van der Waals surface area contributed by atoms with Crippen LogP contribution in [0, 0.1) is 0 Å². The summed E-state index contributed by atoms with van der Waals surface area (Å²) in [4.78, 5) is 11.7. The Morgan fingerprint density at radius 2 is 2.24 bits per heavy atom. The number of thioether (sulfide) groups is 1. The standard InChI is InChI=1S/C14H25N5OS/c1-2-9-19-11-13(17-18-19)16-14(20)15-8-10-21-12-6-4-3-5-7-12/h11-12H,2-10H2,1H3,(H2,15,16,20). The van der Waals surface area contributed by atoms with Crippen LogP contribution in [0.25, 0.3) is 0 Å². The number of anilines is 1. The first kappa shape index (κ1) is 16.1. The van der Waals surface area contributed by atoms with Crippen LogP contribution in [0.3, 0.4) is 0 Å². The van der Waals surface area contributed by atoms with Crippen LogP contribution in [0.4, 0.5) is 10.6 Å². The van der Waals surface area contributed by atoms with Gasteiger partial charge in [0.05, 0.1) is 6.20 Å². The Labute approximate surface area is 130 Å². The minimum atomic E-state index is -0.206. The lowest BCUT2D eigenvalue weighted by molar-refractivity contribution is 0.252. The summed E-state index contributed by atoms with van der Waals surface area (Å²) in [5, 5.41) is 14.2. The second-order valence-corrected chi connectivity index (χ2v) is 6.79. The number of nitrogens with zero attached hydrogens (tertiary/aromatic N) is 3. The van der Waals surface area contributed by atoms with E-state index in [0.717, 1.165) is 24.0 Å². The van der Waals surface area contributed by atoms with Gasteiger partial charge < -0.3 is 5.32 Å². The molecule has 1 heterocycles. The van der Waals surface area contributed by atoms with Gasteiger partial charge >= 0.3 is 6.03 Å². The summed E-state index contributed by atoms with van der Waals surface area (Å²) >= 11 is 1.98. The molecular weight excluding hydrogens is 286 g/mol. The highest BCUT2D eigenvalue weighted by molar-refractivity contribution is 7.99. The average molecular weight is 311 g/mol. The molecule has 0 radical (unpaired) electrons. The van der Waals surface area contributed by atoms with E-state index in [1.165, 1.54) is 32.1 Å². The molecule has 1 saturated carbocycles. The molecule has 2 N–H and O–H groups in total. The molecule has 1 aromatic heterocycles. The van der Waals surface area contributed by atoms with E-state index in [-0.39, 0.29) is 6.03 Å². The fourth-order valence-corrected chi connectivity index (χ4v) is 3.70. The number of rotatable bonds is 7. The summed E-state index contributed by atoms with van der Waals surface area (Å²) in [6.45, 7) is 3.58. The maximum atomic E-state index is 11.7. The van der Waals surface area contributed by atoms with Crippen LogP contribution >= 0.6 is 11.8 Å². The first-order chi connectivity index (χ1) is 10.3. The van der Waals surface area contributed by atoms with Gasteiger partial charge in [-0.3, -0.25) is 10.00 Å². The second kappa shape index (κ2) is 8.92. The van der Waals surface area contributed by atoms with Gasteiger partial charge in [-0.05, 0) is 19.3 Å². The van der Waals surface area contributed by atoms with Crippen molar-refractivity contribution in [1.82, 2.24) is 20.3 Å². The number of hydrogen-bond donors (Lipinski definition) is 2. The molecule has 0 atom stereocenters. The molecule has 0 aromatic carbocycles. The van der Waals surface area contributed by atoms with Crippen LogP contribution in [0.2, 0.25) is 0 Å². The molecule has 1 aliphatic carbocycles. The van der Waals surface area contributed by atoms with E-state index in [4.69, 9.17) is 0 Å². The van der Waals surface area contributed by atoms with Crippen molar-refractivity contribution in [2.75, 3.05) is 17.6 Å². The second-order valence-electron chi connectivity index (χ2n) is 5.38. The van der Waals surface area contributed by atoms with E-state index in [1.54, 1.807) is 10.9 Å². The molecule has 1 fully saturated rings. The van der Waals surface area contributed by atoms with Gasteiger partial charge in [0.2, 0.25) is 0 Å². The molecule has 21 heavy (non-hydrogen) atoms. The third-order valence-corrected chi connectivity index (χ3v) is 4.91. The lowest BCUT2D eigenvalue weighted by Crippen LogP contribution is -2.31. The van der Waals surface area contributed by atoms with Crippen molar-refractivity contribution < 1.29 is 4.79 Å². The van der Waals surface area contributed by atoms with Crippen molar-refractivity contribution >= 4 is 23.6 Å².